The van der Waals surface area contributed by atoms with Crippen molar-refractivity contribution in [1.82, 2.24) is 5.32 Å². The average Bonchev–Trinajstić information content (AvgIpc) is 1.82. The van der Waals surface area contributed by atoms with Crippen LogP contribution in [0.5, 0.6) is 0 Å². The lowest BCUT2D eigenvalue weighted by Gasteiger charge is -2.24. The second-order valence-electron chi connectivity index (χ2n) is 4.89. The quantitative estimate of drug-likeness (QED) is 0.510. The third-order valence-electron chi connectivity index (χ3n) is 0.542. The van der Waals surface area contributed by atoms with Gasteiger partial charge in [-0.15, -0.1) is 0 Å². The van der Waals surface area contributed by atoms with E-state index in [1.165, 1.54) is 0 Å². The van der Waals surface area contributed by atoms with Crippen LogP contribution in [0.25, 0.3) is 0 Å². The van der Waals surface area contributed by atoms with E-state index in [2.05, 4.69) is 5.32 Å². The van der Waals surface area contributed by atoms with Gasteiger partial charge < -0.3 is 5.32 Å². The molecule has 0 bridgehead atoms. The van der Waals surface area contributed by atoms with Crippen LogP contribution in [0.4, 0.5) is 0 Å². The second kappa shape index (κ2) is 6.35. The molecule has 0 aromatic rings. The molecule has 82 valence electrons. The molecule has 0 saturated heterocycles. The first-order valence-corrected chi connectivity index (χ1v) is 4.57. The van der Waals surface area contributed by atoms with Crippen molar-refractivity contribution in [1.29, 1.82) is 0 Å². The molecule has 0 unspecified atom stereocenters. The minimum atomic E-state index is -0.215. The fourth-order valence-electron chi connectivity index (χ4n) is 0.250. The zero-order valence-corrected chi connectivity index (χ0v) is 10.3. The molecule has 13 heavy (non-hydrogen) atoms. The van der Waals surface area contributed by atoms with E-state index in [1.807, 2.05) is 55.6 Å². The second-order valence-corrected chi connectivity index (χ2v) is 4.89. The van der Waals surface area contributed by atoms with Crippen LogP contribution in [-0.4, -0.2) is 25.3 Å². The van der Waals surface area contributed by atoms with Gasteiger partial charge in [0.25, 0.3) is 0 Å². The highest BCUT2D eigenvalue weighted by molar-refractivity contribution is 4.58. The van der Waals surface area contributed by atoms with Crippen LogP contribution in [0, 0.1) is 0 Å². The summed E-state index contributed by atoms with van der Waals surface area (Å²) in [6.07, 6.45) is 0. The Kier molecular flexibility index (Phi) is 7.50. The van der Waals surface area contributed by atoms with E-state index >= 15 is 0 Å². The number of nitrogens with one attached hydrogen (secondary N) is 1. The van der Waals surface area contributed by atoms with Crippen LogP contribution in [0.2, 0.25) is 0 Å². The molecule has 1 N–H and O–H groups in total. The van der Waals surface area contributed by atoms with Crippen LogP contribution in [0.1, 0.15) is 41.5 Å². The van der Waals surface area contributed by atoms with Gasteiger partial charge in [-0.3, -0.25) is 0 Å². The molecule has 3 heteroatoms. The van der Waals surface area contributed by atoms with Crippen molar-refractivity contribution >= 4 is 0 Å². The van der Waals surface area contributed by atoms with Crippen molar-refractivity contribution < 1.29 is 9.78 Å². The Morgan fingerprint density at radius 1 is 0.692 bits per heavy atom. The first kappa shape index (κ1) is 15.4. The third-order valence-corrected chi connectivity index (χ3v) is 0.542. The van der Waals surface area contributed by atoms with Crippen molar-refractivity contribution in [3.05, 3.63) is 0 Å². The molecule has 0 saturated carbocycles. The molecule has 0 aliphatic carbocycles. The van der Waals surface area contributed by atoms with Crippen molar-refractivity contribution in [2.24, 2.45) is 0 Å². The monoisotopic (exact) mass is 191 g/mol. The fourth-order valence-corrected chi connectivity index (χ4v) is 0.250. The minimum absolute atomic E-state index is 0.215. The van der Waals surface area contributed by atoms with Crippen molar-refractivity contribution in [3.8, 4) is 0 Å². The van der Waals surface area contributed by atoms with Crippen molar-refractivity contribution in [2.75, 3.05) is 14.1 Å². The van der Waals surface area contributed by atoms with Gasteiger partial charge in [0.2, 0.25) is 0 Å². The van der Waals surface area contributed by atoms with Crippen LogP contribution in [-0.2, 0) is 9.78 Å². The average molecular weight is 191 g/mol. The Morgan fingerprint density at radius 3 is 0.923 bits per heavy atom. The highest BCUT2D eigenvalue weighted by Gasteiger charge is 2.18. The van der Waals surface area contributed by atoms with Gasteiger partial charge in [-0.2, -0.15) is 0 Å². The zero-order chi connectivity index (χ0) is 11.1. The maximum Gasteiger partial charge on any atom is 0.0952 e. The van der Waals surface area contributed by atoms with E-state index in [0.717, 1.165) is 0 Å². The molecule has 0 atom stereocenters. The summed E-state index contributed by atoms with van der Waals surface area (Å²) in [5, 5.41) is 2.75. The smallest absolute Gasteiger partial charge is 0.0952 e. The Labute approximate surface area is 82.7 Å². The molecular formula is C10H25NO2. The van der Waals surface area contributed by atoms with E-state index < -0.39 is 0 Å². The van der Waals surface area contributed by atoms with E-state index in [0.29, 0.717) is 0 Å². The van der Waals surface area contributed by atoms with Gasteiger partial charge >= 0.3 is 0 Å². The Hall–Kier alpha value is -0.120. The number of hydrogen-bond donors (Lipinski definition) is 1. The third kappa shape index (κ3) is 24.5. The standard InChI is InChI=1S/C8H18O2.C2H7N/c1-7(2,3)9-10-8(4,5)6;1-3-2/h1-6H3;3H,1-2H3. The molecule has 0 heterocycles. The van der Waals surface area contributed by atoms with Crippen molar-refractivity contribution in [3.63, 3.8) is 0 Å². The summed E-state index contributed by atoms with van der Waals surface area (Å²) in [5.41, 5.74) is -0.430. The van der Waals surface area contributed by atoms with Gasteiger partial charge in [0.1, 0.15) is 0 Å². The zero-order valence-electron chi connectivity index (χ0n) is 10.3. The molecule has 0 aromatic carbocycles. The Bertz CT molecular complexity index is 97.1. The molecule has 0 rings (SSSR count). The summed E-state index contributed by atoms with van der Waals surface area (Å²) in [4.78, 5) is 10.2. The Morgan fingerprint density at radius 2 is 0.846 bits per heavy atom. The molecule has 0 spiro atoms. The topological polar surface area (TPSA) is 30.5 Å². The first-order chi connectivity index (χ1) is 5.62. The van der Waals surface area contributed by atoms with Crippen molar-refractivity contribution in [2.45, 2.75) is 52.7 Å². The van der Waals surface area contributed by atoms with E-state index in [-0.39, 0.29) is 11.2 Å². The summed E-state index contributed by atoms with van der Waals surface area (Å²) in [7, 11) is 3.75. The molecule has 0 aliphatic rings. The highest BCUT2D eigenvalue weighted by atomic mass is 17.2. The molecule has 0 aliphatic heterocycles. The Balaban J connectivity index is 0. The summed E-state index contributed by atoms with van der Waals surface area (Å²) in [5.74, 6) is 0. The fraction of sp³-hybridized carbons (Fsp3) is 1.00. The van der Waals surface area contributed by atoms with Gasteiger partial charge in [-0.05, 0) is 55.6 Å². The van der Waals surface area contributed by atoms with E-state index in [9.17, 15) is 0 Å². The predicted molar refractivity (Wildman–Crippen MR) is 56.7 cm³/mol. The molecule has 0 radical (unpaired) electrons. The largest absolute Gasteiger partial charge is 0.323 e. The summed E-state index contributed by atoms with van der Waals surface area (Å²) < 4.78 is 0. The van der Waals surface area contributed by atoms with Crippen LogP contribution < -0.4 is 5.32 Å². The maximum absolute atomic E-state index is 5.09. The van der Waals surface area contributed by atoms with Crippen LogP contribution in [0.3, 0.4) is 0 Å². The molecule has 3 nitrogen and oxygen atoms in total. The van der Waals surface area contributed by atoms with Gasteiger partial charge in [0.15, 0.2) is 0 Å². The SMILES string of the molecule is CC(C)(C)OOC(C)(C)C.CNC. The van der Waals surface area contributed by atoms with Gasteiger partial charge in [-0.25, -0.2) is 9.78 Å². The molecule has 0 aromatic heterocycles. The lowest BCUT2D eigenvalue weighted by Crippen LogP contribution is -2.27. The van der Waals surface area contributed by atoms with E-state index in [4.69, 9.17) is 9.78 Å². The number of hydrogen-bond acceptors (Lipinski definition) is 3. The summed E-state index contributed by atoms with van der Waals surface area (Å²) in [6.45, 7) is 11.7. The lowest BCUT2D eigenvalue weighted by atomic mass is 10.2. The summed E-state index contributed by atoms with van der Waals surface area (Å²) >= 11 is 0. The molecule has 0 amide bonds. The van der Waals surface area contributed by atoms with Crippen LogP contribution in [0.15, 0.2) is 0 Å². The molecule has 0 fully saturated rings. The van der Waals surface area contributed by atoms with Gasteiger partial charge in [0, 0.05) is 0 Å². The van der Waals surface area contributed by atoms with Crippen LogP contribution >= 0.6 is 0 Å². The predicted octanol–water partition coefficient (Wildman–Crippen LogP) is 2.37. The summed E-state index contributed by atoms with van der Waals surface area (Å²) in [6, 6.07) is 0. The maximum atomic E-state index is 5.09. The number of rotatable bonds is 1. The molecular weight excluding hydrogens is 166 g/mol. The highest BCUT2D eigenvalue weighted by Crippen LogP contribution is 2.14. The minimum Gasteiger partial charge on any atom is -0.323 e. The van der Waals surface area contributed by atoms with Gasteiger partial charge in [0.05, 0.1) is 11.2 Å². The lowest BCUT2D eigenvalue weighted by molar-refractivity contribution is -0.393. The van der Waals surface area contributed by atoms with Gasteiger partial charge in [-0.1, -0.05) is 0 Å². The first-order valence-electron chi connectivity index (χ1n) is 4.57. The van der Waals surface area contributed by atoms with E-state index in [1.54, 1.807) is 0 Å². The normalized spacial score (nSPS) is 12.0.